The second-order valence-electron chi connectivity index (χ2n) is 6.88. The molecule has 0 unspecified atom stereocenters. The number of anilines is 1. The van der Waals surface area contributed by atoms with Gasteiger partial charge in [0, 0.05) is 29.2 Å². The standard InChI is InChI=1S/C25H27N3/c1-4-18-7-10-24(21-13-14-27-22(6-3)16-21)23(20(5-2)15-18)11-8-19-9-12-25(26)28-17-19/h7,9-10,12-14,16-17H,4-6,15H2,1-3H3,(H2,26,28). The molecule has 3 nitrogen and oxygen atoms in total. The Morgan fingerprint density at radius 1 is 0.964 bits per heavy atom. The molecule has 0 aliphatic heterocycles. The van der Waals surface area contributed by atoms with Crippen molar-refractivity contribution in [1.29, 1.82) is 0 Å². The molecule has 0 amide bonds. The fourth-order valence-corrected chi connectivity index (χ4v) is 3.29. The third kappa shape index (κ3) is 4.58. The summed E-state index contributed by atoms with van der Waals surface area (Å²) in [6, 6.07) is 7.96. The average molecular weight is 370 g/mol. The molecule has 3 heteroatoms. The van der Waals surface area contributed by atoms with Crippen LogP contribution in [-0.2, 0) is 6.42 Å². The predicted octanol–water partition coefficient (Wildman–Crippen LogP) is 5.50. The van der Waals surface area contributed by atoms with E-state index in [1.807, 2.05) is 12.3 Å². The van der Waals surface area contributed by atoms with Crippen LogP contribution in [0.3, 0.4) is 0 Å². The van der Waals surface area contributed by atoms with E-state index in [0.717, 1.165) is 42.5 Å². The maximum absolute atomic E-state index is 5.70. The van der Waals surface area contributed by atoms with Crippen molar-refractivity contribution in [2.75, 3.05) is 5.73 Å². The van der Waals surface area contributed by atoms with Gasteiger partial charge in [0.1, 0.15) is 5.82 Å². The first-order valence-corrected chi connectivity index (χ1v) is 9.95. The van der Waals surface area contributed by atoms with Crippen molar-refractivity contribution in [1.82, 2.24) is 9.97 Å². The smallest absolute Gasteiger partial charge is 0.123 e. The minimum Gasteiger partial charge on any atom is -0.384 e. The first-order valence-electron chi connectivity index (χ1n) is 9.95. The molecule has 3 rings (SSSR count). The number of nitrogens with zero attached hydrogens (tertiary/aromatic N) is 2. The summed E-state index contributed by atoms with van der Waals surface area (Å²) in [4.78, 5) is 8.61. The van der Waals surface area contributed by atoms with Crippen LogP contribution >= 0.6 is 0 Å². The number of nitrogen functional groups attached to an aromatic ring is 1. The van der Waals surface area contributed by atoms with E-state index in [1.165, 1.54) is 22.3 Å². The van der Waals surface area contributed by atoms with Crippen LogP contribution in [-0.4, -0.2) is 9.97 Å². The lowest BCUT2D eigenvalue weighted by Crippen LogP contribution is -1.97. The lowest BCUT2D eigenvalue weighted by Gasteiger charge is -2.13. The van der Waals surface area contributed by atoms with E-state index < -0.39 is 0 Å². The molecule has 0 atom stereocenters. The molecule has 0 bridgehead atoms. The van der Waals surface area contributed by atoms with E-state index in [4.69, 9.17) is 5.73 Å². The molecule has 28 heavy (non-hydrogen) atoms. The van der Waals surface area contributed by atoms with Crippen molar-refractivity contribution in [2.45, 2.75) is 46.5 Å². The normalized spacial score (nSPS) is 14.0. The monoisotopic (exact) mass is 369 g/mol. The Kier molecular flexibility index (Phi) is 6.45. The van der Waals surface area contributed by atoms with Crippen LogP contribution in [0.25, 0.3) is 5.57 Å². The number of aromatic nitrogens is 2. The van der Waals surface area contributed by atoms with Crippen molar-refractivity contribution in [2.24, 2.45) is 0 Å². The van der Waals surface area contributed by atoms with Crippen LogP contribution in [0.1, 0.15) is 56.9 Å². The first-order chi connectivity index (χ1) is 13.6. The van der Waals surface area contributed by atoms with Gasteiger partial charge < -0.3 is 5.73 Å². The summed E-state index contributed by atoms with van der Waals surface area (Å²) >= 11 is 0. The van der Waals surface area contributed by atoms with Gasteiger partial charge in [-0.15, -0.1) is 0 Å². The third-order valence-electron chi connectivity index (χ3n) is 5.04. The molecule has 1 aliphatic carbocycles. The van der Waals surface area contributed by atoms with Crippen LogP contribution in [0, 0.1) is 11.8 Å². The van der Waals surface area contributed by atoms with Gasteiger partial charge in [-0.2, -0.15) is 0 Å². The van der Waals surface area contributed by atoms with Crippen LogP contribution in [0.4, 0.5) is 5.82 Å². The minimum atomic E-state index is 0.509. The third-order valence-corrected chi connectivity index (χ3v) is 5.04. The van der Waals surface area contributed by atoms with Crippen molar-refractivity contribution >= 4 is 11.4 Å². The molecule has 0 aromatic carbocycles. The molecule has 142 valence electrons. The van der Waals surface area contributed by atoms with E-state index in [9.17, 15) is 0 Å². The Hall–Kier alpha value is -3.12. The molecule has 0 spiro atoms. The topological polar surface area (TPSA) is 51.8 Å². The fourth-order valence-electron chi connectivity index (χ4n) is 3.29. The van der Waals surface area contributed by atoms with Crippen molar-refractivity contribution in [3.8, 4) is 11.8 Å². The summed E-state index contributed by atoms with van der Waals surface area (Å²) in [6.45, 7) is 6.55. The highest BCUT2D eigenvalue weighted by Crippen LogP contribution is 2.33. The molecule has 0 saturated heterocycles. The highest BCUT2D eigenvalue weighted by atomic mass is 14.8. The van der Waals surface area contributed by atoms with E-state index in [1.54, 1.807) is 12.3 Å². The number of hydrogen-bond donors (Lipinski definition) is 1. The summed E-state index contributed by atoms with van der Waals surface area (Å²) in [7, 11) is 0. The first kappa shape index (κ1) is 19.6. The highest BCUT2D eigenvalue weighted by Gasteiger charge is 2.15. The molecule has 2 heterocycles. The Balaban J connectivity index is 2.12. The molecule has 2 N–H and O–H groups in total. The number of allylic oxidation sites excluding steroid dienone is 6. The Bertz CT molecular complexity index is 996. The maximum Gasteiger partial charge on any atom is 0.123 e. The van der Waals surface area contributed by atoms with Crippen molar-refractivity contribution in [3.05, 3.63) is 82.4 Å². The minimum absolute atomic E-state index is 0.509. The molecule has 1 aliphatic rings. The van der Waals surface area contributed by atoms with Gasteiger partial charge >= 0.3 is 0 Å². The van der Waals surface area contributed by atoms with E-state index >= 15 is 0 Å². The lowest BCUT2D eigenvalue weighted by atomic mass is 9.91. The van der Waals surface area contributed by atoms with Crippen LogP contribution < -0.4 is 5.73 Å². The van der Waals surface area contributed by atoms with Crippen LogP contribution in [0.5, 0.6) is 0 Å². The van der Waals surface area contributed by atoms with Gasteiger partial charge in [-0.05, 0) is 61.1 Å². The highest BCUT2D eigenvalue weighted by molar-refractivity contribution is 5.86. The zero-order valence-corrected chi connectivity index (χ0v) is 16.9. The SMILES string of the molecule is CCC1=CC=C(c2ccnc(CC)c2)C(C#Cc2ccc(N)nc2)=C(CC)C1. The average Bonchev–Trinajstić information content (AvgIpc) is 2.92. The molecule has 0 radical (unpaired) electrons. The lowest BCUT2D eigenvalue weighted by molar-refractivity contribution is 0.933. The number of rotatable bonds is 4. The van der Waals surface area contributed by atoms with Gasteiger partial charge in [0.2, 0.25) is 0 Å². The van der Waals surface area contributed by atoms with Crippen LogP contribution in [0.2, 0.25) is 0 Å². The van der Waals surface area contributed by atoms with Crippen molar-refractivity contribution in [3.63, 3.8) is 0 Å². The van der Waals surface area contributed by atoms with Crippen molar-refractivity contribution < 1.29 is 0 Å². The fraction of sp³-hybridized carbons (Fsp3) is 0.280. The van der Waals surface area contributed by atoms with Gasteiger partial charge in [0.05, 0.1) is 0 Å². The van der Waals surface area contributed by atoms with Gasteiger partial charge in [-0.3, -0.25) is 4.98 Å². The molecular weight excluding hydrogens is 342 g/mol. The Labute approximate surface area is 168 Å². The molecule has 2 aromatic rings. The quantitative estimate of drug-likeness (QED) is 0.724. The van der Waals surface area contributed by atoms with Gasteiger partial charge in [-0.1, -0.05) is 55.9 Å². The number of nitrogens with two attached hydrogens (primary N) is 1. The second kappa shape index (κ2) is 9.19. The number of aryl methyl sites for hydroxylation is 1. The summed E-state index contributed by atoms with van der Waals surface area (Å²) in [5.74, 6) is 7.25. The van der Waals surface area contributed by atoms with Crippen LogP contribution in [0.15, 0.2) is 65.5 Å². The molecule has 0 fully saturated rings. The van der Waals surface area contributed by atoms with Gasteiger partial charge in [0.15, 0.2) is 0 Å². The molecule has 2 aromatic heterocycles. The number of hydrogen-bond acceptors (Lipinski definition) is 3. The molecule has 0 saturated carbocycles. The summed E-state index contributed by atoms with van der Waals surface area (Å²) in [5, 5.41) is 0. The predicted molar refractivity (Wildman–Crippen MR) is 117 cm³/mol. The zero-order valence-electron chi connectivity index (χ0n) is 16.9. The van der Waals surface area contributed by atoms with E-state index in [2.05, 4.69) is 66.9 Å². The summed E-state index contributed by atoms with van der Waals surface area (Å²) in [5.41, 5.74) is 13.9. The van der Waals surface area contributed by atoms with E-state index in [0.29, 0.717) is 5.82 Å². The summed E-state index contributed by atoms with van der Waals surface area (Å²) in [6.07, 6.45) is 12.0. The maximum atomic E-state index is 5.70. The zero-order chi connectivity index (χ0) is 19.9. The van der Waals surface area contributed by atoms with Gasteiger partial charge in [-0.25, -0.2) is 4.98 Å². The van der Waals surface area contributed by atoms with E-state index in [-0.39, 0.29) is 0 Å². The number of pyridine rings is 2. The Morgan fingerprint density at radius 3 is 2.50 bits per heavy atom. The molecular formula is C25H27N3. The largest absolute Gasteiger partial charge is 0.384 e. The second-order valence-corrected chi connectivity index (χ2v) is 6.88. The summed E-state index contributed by atoms with van der Waals surface area (Å²) < 4.78 is 0. The Morgan fingerprint density at radius 2 is 1.82 bits per heavy atom. The van der Waals surface area contributed by atoms with Gasteiger partial charge in [0.25, 0.3) is 0 Å².